The second-order valence-electron chi connectivity index (χ2n) is 8.86. The third kappa shape index (κ3) is 5.12. The Kier molecular flexibility index (Phi) is 8.36. The molecule has 0 unspecified atom stereocenters. The average molecular weight is 495 g/mol. The number of esters is 1. The van der Waals surface area contributed by atoms with E-state index in [4.69, 9.17) is 9.16 Å². The highest BCUT2D eigenvalue weighted by atomic mass is 32.2. The van der Waals surface area contributed by atoms with Crippen molar-refractivity contribution in [2.45, 2.75) is 32.7 Å². The summed E-state index contributed by atoms with van der Waals surface area (Å²) >= 11 is 1.19. The van der Waals surface area contributed by atoms with Crippen LogP contribution in [0.4, 0.5) is 0 Å². The van der Waals surface area contributed by atoms with Crippen LogP contribution in [0.15, 0.2) is 71.3 Å². The van der Waals surface area contributed by atoms with Crippen molar-refractivity contribution in [1.29, 1.82) is 5.26 Å². The highest BCUT2D eigenvalue weighted by Crippen LogP contribution is 2.37. The minimum Gasteiger partial charge on any atom is -0.462 e. The Morgan fingerprint density at radius 3 is 2.12 bits per heavy atom. The topological polar surface area (TPSA) is 79.6 Å². The van der Waals surface area contributed by atoms with Crippen molar-refractivity contribution in [3.63, 3.8) is 0 Å². The van der Waals surface area contributed by atoms with Crippen LogP contribution in [-0.2, 0) is 18.8 Å². The fourth-order valence-electron chi connectivity index (χ4n) is 4.27. The van der Waals surface area contributed by atoms with E-state index in [1.54, 1.807) is 6.92 Å². The molecule has 3 rings (SSSR count). The second kappa shape index (κ2) is 11.0. The van der Waals surface area contributed by atoms with Crippen molar-refractivity contribution in [1.82, 2.24) is 4.90 Å². The van der Waals surface area contributed by atoms with Gasteiger partial charge >= 0.3 is 5.97 Å². The van der Waals surface area contributed by atoms with E-state index in [9.17, 15) is 14.9 Å². The fraction of sp³-hybridized carbons (Fsp3) is 0.346. The van der Waals surface area contributed by atoms with E-state index >= 15 is 0 Å². The summed E-state index contributed by atoms with van der Waals surface area (Å²) in [4.78, 5) is 26.4. The molecule has 0 radical (unpaired) electrons. The molecule has 1 amide bonds. The van der Waals surface area contributed by atoms with Gasteiger partial charge in [-0.3, -0.25) is 4.79 Å². The minimum atomic E-state index is -2.75. The van der Waals surface area contributed by atoms with Crippen LogP contribution < -0.4 is 10.4 Å². The summed E-state index contributed by atoms with van der Waals surface area (Å²) in [5.74, 6) is -0.678. The molecule has 0 aliphatic carbocycles. The van der Waals surface area contributed by atoms with Gasteiger partial charge in [0.2, 0.25) is 5.91 Å². The largest absolute Gasteiger partial charge is 0.462 e. The summed E-state index contributed by atoms with van der Waals surface area (Å²) in [6.07, 6.45) is 0. The van der Waals surface area contributed by atoms with Gasteiger partial charge in [0.1, 0.15) is 11.1 Å². The summed E-state index contributed by atoms with van der Waals surface area (Å²) in [7, 11) is -2.75. The van der Waals surface area contributed by atoms with E-state index in [2.05, 4.69) is 45.0 Å². The molecule has 178 valence electrons. The molecule has 1 heterocycles. The average Bonchev–Trinajstić information content (AvgIpc) is 3.18. The van der Waals surface area contributed by atoms with Crippen molar-refractivity contribution in [2.75, 3.05) is 25.5 Å². The first-order valence-electron chi connectivity index (χ1n) is 11.3. The number of amides is 1. The van der Waals surface area contributed by atoms with Crippen LogP contribution in [0.3, 0.4) is 0 Å². The van der Waals surface area contributed by atoms with E-state index in [0.717, 1.165) is 10.4 Å². The third-order valence-corrected chi connectivity index (χ3v) is 11.9. The van der Waals surface area contributed by atoms with Crippen molar-refractivity contribution in [3.8, 4) is 6.07 Å². The Labute approximate surface area is 206 Å². The molecule has 8 heteroatoms. The number of hydrogen-bond acceptors (Lipinski definition) is 6. The second-order valence-corrected chi connectivity index (χ2v) is 14.1. The molecule has 6 nitrogen and oxygen atoms in total. The number of hydrogen-bond donors (Lipinski definition) is 0. The highest BCUT2D eigenvalue weighted by Gasteiger charge is 2.50. The third-order valence-electron chi connectivity index (χ3n) is 5.73. The Bertz CT molecular complexity index is 1050. The van der Waals surface area contributed by atoms with Gasteiger partial charge in [-0.1, -0.05) is 93.2 Å². The molecule has 1 saturated heterocycles. The van der Waals surface area contributed by atoms with Crippen LogP contribution in [0, 0.1) is 11.3 Å². The number of ether oxygens (including phenoxy) is 1. The van der Waals surface area contributed by atoms with Gasteiger partial charge in [-0.25, -0.2) is 4.79 Å². The maximum absolute atomic E-state index is 12.6. The molecule has 1 aliphatic heterocycles. The van der Waals surface area contributed by atoms with Gasteiger partial charge in [0.05, 0.1) is 19.0 Å². The monoisotopic (exact) mass is 494 g/mol. The molecular formula is C26H30N2O4SSi. The number of nitriles is 1. The normalized spacial score (nSPS) is 15.7. The predicted octanol–water partition coefficient (Wildman–Crippen LogP) is 3.44. The lowest BCUT2D eigenvalue weighted by Gasteiger charge is -2.43. The molecule has 0 bridgehead atoms. The van der Waals surface area contributed by atoms with Gasteiger partial charge in [0.25, 0.3) is 8.32 Å². The summed E-state index contributed by atoms with van der Waals surface area (Å²) in [5, 5.41) is 12.0. The van der Waals surface area contributed by atoms with Gasteiger partial charge in [-0.2, -0.15) is 5.26 Å². The molecule has 0 aromatic heterocycles. The molecule has 34 heavy (non-hydrogen) atoms. The molecule has 0 atom stereocenters. The highest BCUT2D eigenvalue weighted by molar-refractivity contribution is 8.04. The lowest BCUT2D eigenvalue weighted by atomic mass is 10.2. The zero-order valence-electron chi connectivity index (χ0n) is 20.0. The van der Waals surface area contributed by atoms with E-state index in [1.807, 2.05) is 42.5 Å². The quantitative estimate of drug-likeness (QED) is 0.242. The fourth-order valence-corrected chi connectivity index (χ4v) is 9.86. The first kappa shape index (κ1) is 25.8. The molecule has 0 saturated carbocycles. The number of benzene rings is 2. The van der Waals surface area contributed by atoms with Crippen molar-refractivity contribution < 1.29 is 18.8 Å². The smallest absolute Gasteiger partial charge is 0.351 e. The lowest BCUT2D eigenvalue weighted by Crippen LogP contribution is -2.67. The van der Waals surface area contributed by atoms with Crippen LogP contribution in [-0.4, -0.2) is 50.6 Å². The summed E-state index contributed by atoms with van der Waals surface area (Å²) in [5.41, 5.74) is -0.136. The van der Waals surface area contributed by atoms with Gasteiger partial charge in [0, 0.05) is 6.54 Å². The minimum absolute atomic E-state index is 0.136. The molecule has 2 aromatic carbocycles. The van der Waals surface area contributed by atoms with Crippen LogP contribution >= 0.6 is 11.8 Å². The van der Waals surface area contributed by atoms with Crippen molar-refractivity contribution >= 4 is 42.3 Å². The SMILES string of the molecule is CCOC(=O)C(C#N)=C1SCC(=O)N1CCO[Si](c1ccccc1)(c1ccccc1)C(C)(C)C. The van der Waals surface area contributed by atoms with E-state index in [1.165, 1.54) is 16.7 Å². The van der Waals surface area contributed by atoms with Crippen LogP contribution in [0.2, 0.25) is 5.04 Å². The zero-order chi connectivity index (χ0) is 24.8. The van der Waals surface area contributed by atoms with Gasteiger partial charge in [-0.15, -0.1) is 0 Å². The van der Waals surface area contributed by atoms with Crippen LogP contribution in [0.1, 0.15) is 27.7 Å². The lowest BCUT2D eigenvalue weighted by molar-refractivity contribution is -0.138. The number of rotatable bonds is 8. The van der Waals surface area contributed by atoms with Crippen molar-refractivity contribution in [2.24, 2.45) is 0 Å². The van der Waals surface area contributed by atoms with Crippen LogP contribution in [0.5, 0.6) is 0 Å². The molecule has 0 spiro atoms. The van der Waals surface area contributed by atoms with Crippen molar-refractivity contribution in [3.05, 3.63) is 71.3 Å². The Hall–Kier alpha value is -2.86. The molecule has 1 aliphatic rings. The summed E-state index contributed by atoms with van der Waals surface area (Å²) in [6.45, 7) is 8.93. The number of carbonyl (C=O) groups excluding carboxylic acids is 2. The molecule has 2 aromatic rings. The standard InChI is InChI=1S/C26H30N2O4SSi/c1-5-31-25(30)22(18-27)24-28(23(29)19-33-24)16-17-32-34(26(2,3)4,20-12-8-6-9-13-20)21-14-10-7-11-15-21/h6-15H,5,16-17,19H2,1-4H3. The Morgan fingerprint density at radius 2 is 1.65 bits per heavy atom. The predicted molar refractivity (Wildman–Crippen MR) is 137 cm³/mol. The van der Waals surface area contributed by atoms with E-state index < -0.39 is 14.3 Å². The zero-order valence-corrected chi connectivity index (χ0v) is 21.9. The molecule has 1 fully saturated rings. The van der Waals surface area contributed by atoms with E-state index in [-0.39, 0.29) is 42.0 Å². The number of carbonyl (C=O) groups is 2. The molecule has 0 N–H and O–H groups in total. The van der Waals surface area contributed by atoms with Gasteiger partial charge < -0.3 is 14.1 Å². The van der Waals surface area contributed by atoms with Gasteiger partial charge in [0.15, 0.2) is 5.57 Å². The maximum Gasteiger partial charge on any atom is 0.351 e. The Morgan fingerprint density at radius 1 is 1.09 bits per heavy atom. The first-order valence-corrected chi connectivity index (χ1v) is 14.1. The number of nitrogens with zero attached hydrogens (tertiary/aromatic N) is 2. The van der Waals surface area contributed by atoms with Gasteiger partial charge in [-0.05, 0) is 22.3 Å². The molecular weight excluding hydrogens is 464 g/mol. The summed E-state index contributed by atoms with van der Waals surface area (Å²) < 4.78 is 11.9. The maximum atomic E-state index is 12.6. The van der Waals surface area contributed by atoms with Crippen LogP contribution in [0.25, 0.3) is 0 Å². The Balaban J connectivity index is 1.96. The first-order chi connectivity index (χ1) is 16.3. The number of thioether (sulfide) groups is 1. The summed E-state index contributed by atoms with van der Waals surface area (Å²) in [6, 6.07) is 22.4. The van der Waals surface area contributed by atoms with E-state index in [0.29, 0.717) is 5.03 Å².